The molecule has 0 radical (unpaired) electrons. The molecule has 2 amide bonds. The number of amides is 2. The van der Waals surface area contributed by atoms with Crippen LogP contribution in [0.4, 0.5) is 10.5 Å². The predicted molar refractivity (Wildman–Crippen MR) is 81.4 cm³/mol. The standard InChI is InChI=1S/C14H19BrN2O3/c1-9-6-10(15)7-12(19-2)13(9)17-14(18)16-11-4-3-5-20-8-11/h6-7,11H,3-5,8H2,1-2H3,(H2,16,17,18)/t11-/m0/s1. The van der Waals surface area contributed by atoms with E-state index in [1.54, 1.807) is 7.11 Å². The van der Waals surface area contributed by atoms with Gasteiger partial charge in [0.05, 0.1) is 25.4 Å². The fraction of sp³-hybridized carbons (Fsp3) is 0.500. The highest BCUT2D eigenvalue weighted by Crippen LogP contribution is 2.32. The Morgan fingerprint density at radius 1 is 1.50 bits per heavy atom. The van der Waals surface area contributed by atoms with Gasteiger partial charge in [-0.05, 0) is 37.5 Å². The lowest BCUT2D eigenvalue weighted by molar-refractivity contribution is 0.0739. The molecule has 1 fully saturated rings. The van der Waals surface area contributed by atoms with Crippen LogP contribution in [-0.4, -0.2) is 32.4 Å². The van der Waals surface area contributed by atoms with Crippen LogP contribution in [0, 0.1) is 6.92 Å². The van der Waals surface area contributed by atoms with Crippen LogP contribution in [-0.2, 0) is 4.74 Å². The summed E-state index contributed by atoms with van der Waals surface area (Å²) in [5.74, 6) is 0.631. The lowest BCUT2D eigenvalue weighted by atomic mass is 10.1. The summed E-state index contributed by atoms with van der Waals surface area (Å²) in [6.07, 6.45) is 1.93. The minimum atomic E-state index is -0.232. The molecule has 0 unspecified atom stereocenters. The molecule has 1 aromatic carbocycles. The Morgan fingerprint density at radius 3 is 2.95 bits per heavy atom. The van der Waals surface area contributed by atoms with E-state index in [2.05, 4.69) is 26.6 Å². The molecule has 1 heterocycles. The molecule has 0 bridgehead atoms. The van der Waals surface area contributed by atoms with E-state index in [1.807, 2.05) is 19.1 Å². The largest absolute Gasteiger partial charge is 0.495 e. The van der Waals surface area contributed by atoms with E-state index < -0.39 is 0 Å². The van der Waals surface area contributed by atoms with Gasteiger partial charge in [-0.25, -0.2) is 4.79 Å². The second-order valence-electron chi connectivity index (χ2n) is 4.81. The van der Waals surface area contributed by atoms with Crippen LogP contribution in [0.5, 0.6) is 5.75 Å². The molecule has 1 aliphatic heterocycles. The predicted octanol–water partition coefficient (Wildman–Crippen LogP) is 3.07. The molecule has 1 atom stereocenters. The molecule has 1 saturated heterocycles. The van der Waals surface area contributed by atoms with Gasteiger partial charge in [0.1, 0.15) is 5.75 Å². The number of urea groups is 1. The number of methoxy groups -OCH3 is 1. The van der Waals surface area contributed by atoms with Crippen molar-refractivity contribution in [3.8, 4) is 5.75 Å². The molecule has 0 spiro atoms. The summed E-state index contributed by atoms with van der Waals surface area (Å²) in [6, 6.07) is 3.60. The fourth-order valence-corrected chi connectivity index (χ4v) is 2.77. The first-order valence-electron chi connectivity index (χ1n) is 6.59. The van der Waals surface area contributed by atoms with Gasteiger partial charge in [0.25, 0.3) is 0 Å². The van der Waals surface area contributed by atoms with Crippen molar-refractivity contribution in [1.29, 1.82) is 0 Å². The lowest BCUT2D eigenvalue weighted by Crippen LogP contribution is -2.42. The maximum atomic E-state index is 12.0. The molecule has 110 valence electrons. The van der Waals surface area contributed by atoms with Crippen molar-refractivity contribution >= 4 is 27.6 Å². The van der Waals surface area contributed by atoms with Crippen LogP contribution in [0.2, 0.25) is 0 Å². The maximum Gasteiger partial charge on any atom is 0.319 e. The second kappa shape index (κ2) is 6.95. The van der Waals surface area contributed by atoms with Crippen molar-refractivity contribution in [3.63, 3.8) is 0 Å². The minimum Gasteiger partial charge on any atom is -0.495 e. The molecule has 6 heteroatoms. The van der Waals surface area contributed by atoms with Crippen LogP contribution in [0.25, 0.3) is 0 Å². The second-order valence-corrected chi connectivity index (χ2v) is 5.73. The molecule has 2 rings (SSSR count). The molecule has 5 nitrogen and oxygen atoms in total. The van der Waals surface area contributed by atoms with Crippen molar-refractivity contribution in [1.82, 2.24) is 5.32 Å². The summed E-state index contributed by atoms with van der Waals surface area (Å²) in [6.45, 7) is 3.27. The van der Waals surface area contributed by atoms with Gasteiger partial charge in [-0.1, -0.05) is 15.9 Å². The molecule has 0 aromatic heterocycles. The number of nitrogens with one attached hydrogen (secondary N) is 2. The van der Waals surface area contributed by atoms with Gasteiger partial charge >= 0.3 is 6.03 Å². The van der Waals surface area contributed by atoms with Crippen LogP contribution in [0.3, 0.4) is 0 Å². The van der Waals surface area contributed by atoms with Crippen LogP contribution in [0.1, 0.15) is 18.4 Å². The highest BCUT2D eigenvalue weighted by Gasteiger charge is 2.17. The number of hydrogen-bond acceptors (Lipinski definition) is 3. The molecule has 2 N–H and O–H groups in total. The first-order valence-corrected chi connectivity index (χ1v) is 7.39. The van der Waals surface area contributed by atoms with Crippen LogP contribution < -0.4 is 15.4 Å². The lowest BCUT2D eigenvalue weighted by Gasteiger charge is -2.23. The van der Waals surface area contributed by atoms with Gasteiger partial charge in [-0.2, -0.15) is 0 Å². The van der Waals surface area contributed by atoms with E-state index in [0.717, 1.165) is 29.5 Å². The summed E-state index contributed by atoms with van der Waals surface area (Å²) >= 11 is 3.41. The summed E-state index contributed by atoms with van der Waals surface area (Å²) < 4.78 is 11.6. The van der Waals surface area contributed by atoms with E-state index in [1.165, 1.54) is 0 Å². The van der Waals surface area contributed by atoms with Crippen LogP contribution in [0.15, 0.2) is 16.6 Å². The molecule has 0 saturated carbocycles. The van der Waals surface area contributed by atoms with Crippen molar-refractivity contribution in [2.45, 2.75) is 25.8 Å². The van der Waals surface area contributed by atoms with E-state index in [4.69, 9.17) is 9.47 Å². The number of benzene rings is 1. The topological polar surface area (TPSA) is 59.6 Å². The number of ether oxygens (including phenoxy) is 2. The first-order chi connectivity index (χ1) is 9.60. The number of carbonyl (C=O) groups is 1. The van der Waals surface area contributed by atoms with Gasteiger partial charge in [-0.3, -0.25) is 0 Å². The monoisotopic (exact) mass is 342 g/mol. The number of rotatable bonds is 3. The quantitative estimate of drug-likeness (QED) is 0.887. The zero-order chi connectivity index (χ0) is 14.5. The molecule has 20 heavy (non-hydrogen) atoms. The minimum absolute atomic E-state index is 0.0745. The smallest absolute Gasteiger partial charge is 0.319 e. The molecule has 1 aromatic rings. The summed E-state index contributed by atoms with van der Waals surface area (Å²) in [5, 5.41) is 5.77. The van der Waals surface area contributed by atoms with E-state index in [-0.39, 0.29) is 12.1 Å². The summed E-state index contributed by atoms with van der Waals surface area (Å²) in [7, 11) is 1.58. The van der Waals surface area contributed by atoms with Gasteiger partial charge in [0.2, 0.25) is 0 Å². The zero-order valence-corrected chi connectivity index (χ0v) is 13.2. The van der Waals surface area contributed by atoms with Gasteiger partial charge in [0.15, 0.2) is 0 Å². The Morgan fingerprint density at radius 2 is 2.30 bits per heavy atom. The van der Waals surface area contributed by atoms with Gasteiger partial charge < -0.3 is 20.1 Å². The van der Waals surface area contributed by atoms with Crippen LogP contribution >= 0.6 is 15.9 Å². The Hall–Kier alpha value is -1.27. The fourth-order valence-electron chi connectivity index (χ4n) is 2.22. The first kappa shape index (κ1) is 15.1. The van der Waals surface area contributed by atoms with Crippen molar-refractivity contribution < 1.29 is 14.3 Å². The highest BCUT2D eigenvalue weighted by molar-refractivity contribution is 9.10. The summed E-state index contributed by atoms with van der Waals surface area (Å²) in [4.78, 5) is 12.0. The van der Waals surface area contributed by atoms with Gasteiger partial charge in [0, 0.05) is 11.1 Å². The molecule has 1 aliphatic rings. The van der Waals surface area contributed by atoms with Crippen molar-refractivity contribution in [3.05, 3.63) is 22.2 Å². The SMILES string of the molecule is COc1cc(Br)cc(C)c1NC(=O)N[C@H]1CCCOC1. The maximum absolute atomic E-state index is 12.0. The third kappa shape index (κ3) is 3.86. The van der Waals surface area contributed by atoms with Crippen molar-refractivity contribution in [2.24, 2.45) is 0 Å². The molecular weight excluding hydrogens is 324 g/mol. The average molecular weight is 343 g/mol. The number of halogens is 1. The Labute approximate surface area is 127 Å². The number of aryl methyl sites for hydroxylation is 1. The number of hydrogen-bond donors (Lipinski definition) is 2. The molecular formula is C14H19BrN2O3. The van der Waals surface area contributed by atoms with E-state index in [9.17, 15) is 4.79 Å². The van der Waals surface area contributed by atoms with Crippen molar-refractivity contribution in [2.75, 3.05) is 25.6 Å². The Bertz CT molecular complexity index is 488. The Kier molecular flexibility index (Phi) is 5.25. The highest BCUT2D eigenvalue weighted by atomic mass is 79.9. The Balaban J connectivity index is 2.03. The molecule has 0 aliphatic carbocycles. The van der Waals surface area contributed by atoms with E-state index in [0.29, 0.717) is 18.0 Å². The zero-order valence-electron chi connectivity index (χ0n) is 11.7. The number of carbonyl (C=O) groups excluding carboxylic acids is 1. The third-order valence-electron chi connectivity index (χ3n) is 3.22. The average Bonchev–Trinajstić information content (AvgIpc) is 2.42. The number of anilines is 1. The third-order valence-corrected chi connectivity index (χ3v) is 3.68. The van der Waals surface area contributed by atoms with Gasteiger partial charge in [-0.15, -0.1) is 0 Å². The normalized spacial score (nSPS) is 18.4. The summed E-state index contributed by atoms with van der Waals surface area (Å²) in [5.41, 5.74) is 1.62. The van der Waals surface area contributed by atoms with E-state index >= 15 is 0 Å².